The van der Waals surface area contributed by atoms with Gasteiger partial charge in [0.15, 0.2) is 17.3 Å². The molecule has 3 aromatic rings. The summed E-state index contributed by atoms with van der Waals surface area (Å²) in [5.74, 6) is 3.16. The average molecular weight is 360 g/mol. The molecule has 2 atom stereocenters. The lowest BCUT2D eigenvalue weighted by Crippen LogP contribution is -2.33. The number of hydrazone groups is 1. The molecule has 4 heterocycles. The Morgan fingerprint density at radius 1 is 0.926 bits per heavy atom. The van der Waals surface area contributed by atoms with Crippen LogP contribution in [0.4, 0.5) is 0 Å². The van der Waals surface area contributed by atoms with Crippen LogP contribution in [0.3, 0.4) is 0 Å². The van der Waals surface area contributed by atoms with E-state index in [1.54, 1.807) is 6.26 Å². The Balaban J connectivity index is 1.43. The fraction of sp³-hybridized carbons (Fsp3) is 0.190. The number of rotatable bonds is 2. The lowest BCUT2D eigenvalue weighted by molar-refractivity contribution is -0.0325. The molecule has 0 N–H and O–H groups in total. The number of ether oxygens (including phenoxy) is 3. The molecule has 6 nitrogen and oxygen atoms in total. The van der Waals surface area contributed by atoms with Gasteiger partial charge in [-0.2, -0.15) is 5.10 Å². The van der Waals surface area contributed by atoms with E-state index in [4.69, 9.17) is 23.7 Å². The average Bonchev–Trinajstić information content (AvgIpc) is 3.47. The summed E-state index contributed by atoms with van der Waals surface area (Å²) in [6, 6.07) is 18.0. The normalized spacial score (nSPS) is 22.1. The van der Waals surface area contributed by atoms with Crippen LogP contribution in [0.5, 0.6) is 17.2 Å². The predicted molar refractivity (Wildman–Crippen MR) is 96.8 cm³/mol. The molecule has 134 valence electrons. The van der Waals surface area contributed by atoms with Crippen LogP contribution in [0.2, 0.25) is 0 Å². The molecular weight excluding hydrogens is 344 g/mol. The zero-order valence-corrected chi connectivity index (χ0v) is 14.4. The van der Waals surface area contributed by atoms with Crippen molar-refractivity contribution in [2.75, 3.05) is 6.79 Å². The molecule has 0 aliphatic carbocycles. The molecule has 0 spiro atoms. The number of nitrogens with zero attached hydrogens (tertiary/aromatic N) is 2. The highest BCUT2D eigenvalue weighted by Gasteiger charge is 2.42. The third kappa shape index (κ3) is 2.23. The van der Waals surface area contributed by atoms with E-state index in [1.165, 1.54) is 0 Å². The van der Waals surface area contributed by atoms with Crippen LogP contribution in [0, 0.1) is 0 Å². The molecule has 27 heavy (non-hydrogen) atoms. The molecule has 3 aliphatic heterocycles. The van der Waals surface area contributed by atoms with E-state index in [9.17, 15) is 0 Å². The fourth-order valence-electron chi connectivity index (χ4n) is 3.90. The maximum atomic E-state index is 6.23. The zero-order chi connectivity index (χ0) is 17.8. The van der Waals surface area contributed by atoms with E-state index in [-0.39, 0.29) is 19.1 Å². The molecule has 3 aliphatic rings. The van der Waals surface area contributed by atoms with Crippen LogP contribution in [0.15, 0.2) is 70.4 Å². The second kappa shape index (κ2) is 5.54. The lowest BCUT2D eigenvalue weighted by Gasteiger charge is -2.36. The Labute approximate surface area is 155 Å². The molecule has 0 radical (unpaired) electrons. The molecule has 6 heteroatoms. The van der Waals surface area contributed by atoms with Gasteiger partial charge in [0.2, 0.25) is 13.0 Å². The molecule has 0 amide bonds. The third-order valence-electron chi connectivity index (χ3n) is 5.19. The van der Waals surface area contributed by atoms with Crippen LogP contribution in [0.25, 0.3) is 0 Å². The van der Waals surface area contributed by atoms with Crippen molar-refractivity contribution in [3.8, 4) is 17.2 Å². The Bertz CT molecular complexity index is 1040. The Kier molecular flexibility index (Phi) is 3.02. The number of hydrogen-bond donors (Lipinski definition) is 0. The molecule has 0 unspecified atom stereocenters. The number of fused-ring (bicyclic) bond motifs is 4. The number of benzene rings is 2. The van der Waals surface area contributed by atoms with Gasteiger partial charge in [0.1, 0.15) is 5.75 Å². The molecule has 0 fully saturated rings. The SMILES string of the molecule is c1coc([C@H]2Oc3ccccc3[C@@H]3CC(c4ccc5c(c4)OCO5)=NN23)c1. The fourth-order valence-corrected chi connectivity index (χ4v) is 3.90. The van der Waals surface area contributed by atoms with Crippen molar-refractivity contribution >= 4 is 5.71 Å². The van der Waals surface area contributed by atoms with Gasteiger partial charge < -0.3 is 18.6 Å². The van der Waals surface area contributed by atoms with Crippen molar-refractivity contribution in [2.45, 2.75) is 18.7 Å². The quantitative estimate of drug-likeness (QED) is 0.684. The minimum Gasteiger partial charge on any atom is -0.463 e. The first-order chi connectivity index (χ1) is 13.4. The van der Waals surface area contributed by atoms with Gasteiger partial charge in [-0.1, -0.05) is 18.2 Å². The predicted octanol–water partition coefficient (Wildman–Crippen LogP) is 4.25. The maximum absolute atomic E-state index is 6.23. The van der Waals surface area contributed by atoms with Crippen molar-refractivity contribution < 1.29 is 18.6 Å². The van der Waals surface area contributed by atoms with Gasteiger partial charge >= 0.3 is 0 Å². The first-order valence-electron chi connectivity index (χ1n) is 8.92. The van der Waals surface area contributed by atoms with E-state index in [0.29, 0.717) is 0 Å². The lowest BCUT2D eigenvalue weighted by atomic mass is 9.96. The minimum atomic E-state index is -0.383. The van der Waals surface area contributed by atoms with Gasteiger partial charge in [-0.25, -0.2) is 5.01 Å². The molecular formula is C21H16N2O4. The van der Waals surface area contributed by atoms with Gasteiger partial charge in [0.25, 0.3) is 0 Å². The van der Waals surface area contributed by atoms with E-state index in [1.807, 2.05) is 53.5 Å². The highest BCUT2D eigenvalue weighted by atomic mass is 16.7. The van der Waals surface area contributed by atoms with Crippen molar-refractivity contribution in [1.82, 2.24) is 5.01 Å². The highest BCUT2D eigenvalue weighted by molar-refractivity contribution is 6.02. The number of para-hydroxylation sites is 1. The monoisotopic (exact) mass is 360 g/mol. The summed E-state index contributed by atoms with van der Waals surface area (Å²) in [7, 11) is 0. The van der Waals surface area contributed by atoms with Crippen molar-refractivity contribution in [2.24, 2.45) is 5.10 Å². The van der Waals surface area contributed by atoms with Crippen molar-refractivity contribution in [1.29, 1.82) is 0 Å². The molecule has 6 rings (SSSR count). The molecule has 1 aromatic heterocycles. The van der Waals surface area contributed by atoms with E-state index in [2.05, 4.69) is 6.07 Å². The highest BCUT2D eigenvalue weighted by Crippen LogP contribution is 2.47. The van der Waals surface area contributed by atoms with Gasteiger partial charge in [-0.05, 0) is 36.4 Å². The number of hydrogen-bond acceptors (Lipinski definition) is 6. The number of furan rings is 1. The summed E-state index contributed by atoms with van der Waals surface area (Å²) in [6.45, 7) is 0.266. The Morgan fingerprint density at radius 2 is 1.85 bits per heavy atom. The standard InChI is InChI=1S/C21H16N2O4/c1-2-5-17-14(4-1)16-11-15(13-7-8-18-20(10-13)26-12-25-18)22-23(16)21(27-17)19-6-3-9-24-19/h1-10,16,21H,11-12H2/t16-,21+/m0/s1. The minimum absolute atomic E-state index is 0.102. The zero-order valence-electron chi connectivity index (χ0n) is 14.4. The summed E-state index contributed by atoms with van der Waals surface area (Å²) in [6.07, 6.45) is 2.07. The summed E-state index contributed by atoms with van der Waals surface area (Å²) < 4.78 is 22.8. The van der Waals surface area contributed by atoms with Crippen LogP contribution < -0.4 is 14.2 Å². The summed E-state index contributed by atoms with van der Waals surface area (Å²) in [4.78, 5) is 0. The summed E-state index contributed by atoms with van der Waals surface area (Å²) in [5.41, 5.74) is 3.17. The van der Waals surface area contributed by atoms with Crippen LogP contribution in [-0.4, -0.2) is 17.5 Å². The molecule has 0 saturated heterocycles. The van der Waals surface area contributed by atoms with Crippen molar-refractivity contribution in [3.05, 3.63) is 77.7 Å². The van der Waals surface area contributed by atoms with E-state index in [0.717, 1.165) is 46.3 Å². The first kappa shape index (κ1) is 14.7. The second-order valence-electron chi connectivity index (χ2n) is 6.74. The Morgan fingerprint density at radius 3 is 2.78 bits per heavy atom. The molecule has 0 bridgehead atoms. The van der Waals surface area contributed by atoms with Crippen LogP contribution >= 0.6 is 0 Å². The Hall–Kier alpha value is -3.41. The summed E-state index contributed by atoms with van der Waals surface area (Å²) in [5, 5.41) is 6.91. The first-order valence-corrected chi connectivity index (χ1v) is 8.92. The van der Waals surface area contributed by atoms with E-state index >= 15 is 0 Å². The van der Waals surface area contributed by atoms with Gasteiger partial charge in [0, 0.05) is 17.5 Å². The largest absolute Gasteiger partial charge is 0.463 e. The maximum Gasteiger partial charge on any atom is 0.246 e. The van der Waals surface area contributed by atoms with E-state index < -0.39 is 0 Å². The van der Waals surface area contributed by atoms with Gasteiger partial charge in [-0.15, -0.1) is 0 Å². The third-order valence-corrected chi connectivity index (χ3v) is 5.19. The topological polar surface area (TPSA) is 56.4 Å². The second-order valence-corrected chi connectivity index (χ2v) is 6.74. The van der Waals surface area contributed by atoms with Gasteiger partial charge in [0.05, 0.1) is 18.0 Å². The van der Waals surface area contributed by atoms with Crippen LogP contribution in [-0.2, 0) is 0 Å². The van der Waals surface area contributed by atoms with Crippen molar-refractivity contribution in [3.63, 3.8) is 0 Å². The summed E-state index contributed by atoms with van der Waals surface area (Å²) >= 11 is 0. The van der Waals surface area contributed by atoms with Gasteiger partial charge in [-0.3, -0.25) is 0 Å². The molecule has 0 saturated carbocycles. The van der Waals surface area contributed by atoms with Crippen LogP contribution in [0.1, 0.15) is 35.6 Å². The molecule has 2 aromatic carbocycles. The smallest absolute Gasteiger partial charge is 0.246 e.